The van der Waals surface area contributed by atoms with Gasteiger partial charge in [-0.2, -0.15) is 0 Å². The summed E-state index contributed by atoms with van der Waals surface area (Å²) in [6, 6.07) is 15.6. The SMILES string of the molecule is O=C(c1ccc(-c2ccccc2F)o1)N1CCN(Cc2ccc(OC3CCNCC3)c(Cl)c2)CC1. The number of piperazine rings is 1. The van der Waals surface area contributed by atoms with Crippen molar-refractivity contribution in [3.63, 3.8) is 0 Å². The molecule has 3 heterocycles. The van der Waals surface area contributed by atoms with Gasteiger partial charge in [-0.3, -0.25) is 9.69 Å². The molecule has 0 bridgehead atoms. The Morgan fingerprint density at radius 3 is 2.57 bits per heavy atom. The van der Waals surface area contributed by atoms with Crippen molar-refractivity contribution in [1.82, 2.24) is 15.1 Å². The van der Waals surface area contributed by atoms with E-state index in [4.69, 9.17) is 20.8 Å². The fraction of sp³-hybridized carbons (Fsp3) is 0.370. The third-order valence-electron chi connectivity index (χ3n) is 6.60. The Morgan fingerprint density at radius 2 is 1.83 bits per heavy atom. The van der Waals surface area contributed by atoms with E-state index >= 15 is 0 Å². The molecular weight excluding hydrogens is 469 g/mol. The quantitative estimate of drug-likeness (QED) is 0.528. The van der Waals surface area contributed by atoms with Crippen molar-refractivity contribution >= 4 is 17.5 Å². The minimum Gasteiger partial charge on any atom is -0.489 e. The summed E-state index contributed by atoms with van der Waals surface area (Å²) in [5, 5.41) is 3.97. The van der Waals surface area contributed by atoms with E-state index in [0.29, 0.717) is 29.4 Å². The molecule has 0 radical (unpaired) electrons. The van der Waals surface area contributed by atoms with E-state index in [1.807, 2.05) is 12.1 Å². The third kappa shape index (κ3) is 5.69. The molecule has 1 amide bonds. The van der Waals surface area contributed by atoms with Gasteiger partial charge in [-0.1, -0.05) is 29.8 Å². The van der Waals surface area contributed by atoms with Gasteiger partial charge in [-0.05, 0) is 67.9 Å². The lowest BCUT2D eigenvalue weighted by molar-refractivity contribution is 0.0598. The van der Waals surface area contributed by atoms with Gasteiger partial charge >= 0.3 is 0 Å². The van der Waals surface area contributed by atoms with Crippen LogP contribution in [0.15, 0.2) is 59.0 Å². The molecule has 3 aromatic rings. The molecule has 2 aliphatic heterocycles. The maximum atomic E-state index is 14.0. The van der Waals surface area contributed by atoms with Crippen molar-refractivity contribution in [2.75, 3.05) is 39.3 Å². The van der Waals surface area contributed by atoms with Crippen LogP contribution >= 0.6 is 11.6 Å². The summed E-state index contributed by atoms with van der Waals surface area (Å²) in [4.78, 5) is 17.0. The molecule has 2 aliphatic rings. The summed E-state index contributed by atoms with van der Waals surface area (Å²) < 4.78 is 25.8. The largest absolute Gasteiger partial charge is 0.489 e. The van der Waals surface area contributed by atoms with Gasteiger partial charge in [-0.15, -0.1) is 0 Å². The van der Waals surface area contributed by atoms with Crippen molar-refractivity contribution in [1.29, 1.82) is 0 Å². The molecule has 0 aliphatic carbocycles. The lowest BCUT2D eigenvalue weighted by Gasteiger charge is -2.34. The smallest absolute Gasteiger partial charge is 0.289 e. The molecule has 0 atom stereocenters. The highest BCUT2D eigenvalue weighted by Crippen LogP contribution is 2.29. The second kappa shape index (κ2) is 10.8. The number of carbonyl (C=O) groups excluding carboxylic acids is 1. The molecule has 0 spiro atoms. The Kier molecular flexibility index (Phi) is 7.37. The van der Waals surface area contributed by atoms with Crippen LogP contribution in [0, 0.1) is 5.82 Å². The first-order valence-corrected chi connectivity index (χ1v) is 12.5. The summed E-state index contributed by atoms with van der Waals surface area (Å²) in [5.74, 6) is 0.781. The lowest BCUT2D eigenvalue weighted by atomic mass is 10.1. The second-order valence-corrected chi connectivity index (χ2v) is 9.45. The van der Waals surface area contributed by atoms with Crippen LogP contribution < -0.4 is 10.1 Å². The Balaban J connectivity index is 1.14. The van der Waals surface area contributed by atoms with Gasteiger partial charge < -0.3 is 19.4 Å². The highest BCUT2D eigenvalue weighted by atomic mass is 35.5. The maximum absolute atomic E-state index is 14.0. The van der Waals surface area contributed by atoms with Gasteiger partial charge in [0.05, 0.1) is 10.6 Å². The molecule has 5 rings (SSSR count). The maximum Gasteiger partial charge on any atom is 0.289 e. The number of nitrogens with one attached hydrogen (secondary N) is 1. The number of nitrogens with zero attached hydrogens (tertiary/aromatic N) is 2. The topological polar surface area (TPSA) is 58.0 Å². The third-order valence-corrected chi connectivity index (χ3v) is 6.89. The van der Waals surface area contributed by atoms with Crippen molar-refractivity contribution in [3.8, 4) is 17.1 Å². The number of piperidine rings is 1. The molecular formula is C27H29ClFN3O3. The molecule has 2 aromatic carbocycles. The predicted molar refractivity (Wildman–Crippen MR) is 133 cm³/mol. The van der Waals surface area contributed by atoms with Crippen LogP contribution in [-0.4, -0.2) is 61.1 Å². The van der Waals surface area contributed by atoms with Crippen molar-refractivity contribution in [2.45, 2.75) is 25.5 Å². The van der Waals surface area contributed by atoms with Crippen LogP contribution in [0.4, 0.5) is 4.39 Å². The fourth-order valence-electron chi connectivity index (χ4n) is 4.61. The summed E-state index contributed by atoms with van der Waals surface area (Å²) >= 11 is 6.51. The van der Waals surface area contributed by atoms with Crippen LogP contribution in [0.25, 0.3) is 11.3 Å². The molecule has 6 nitrogen and oxygen atoms in total. The van der Waals surface area contributed by atoms with Gasteiger partial charge in [0.15, 0.2) is 5.76 Å². The van der Waals surface area contributed by atoms with Crippen LogP contribution in [0.3, 0.4) is 0 Å². The monoisotopic (exact) mass is 497 g/mol. The van der Waals surface area contributed by atoms with Crippen LogP contribution in [0.2, 0.25) is 5.02 Å². The molecule has 2 fully saturated rings. The first kappa shape index (κ1) is 23.9. The number of furan rings is 1. The van der Waals surface area contributed by atoms with E-state index in [1.54, 1.807) is 35.2 Å². The van der Waals surface area contributed by atoms with Crippen LogP contribution in [0.5, 0.6) is 5.75 Å². The zero-order valence-corrected chi connectivity index (χ0v) is 20.3. The van der Waals surface area contributed by atoms with E-state index < -0.39 is 0 Å². The molecule has 184 valence electrons. The predicted octanol–water partition coefficient (Wildman–Crippen LogP) is 4.83. The van der Waals surface area contributed by atoms with Gasteiger partial charge in [-0.25, -0.2) is 4.39 Å². The lowest BCUT2D eigenvalue weighted by Crippen LogP contribution is -2.48. The minimum absolute atomic E-state index is 0.172. The Bertz CT molecular complexity index is 1170. The minimum atomic E-state index is -0.375. The fourth-order valence-corrected chi connectivity index (χ4v) is 4.86. The van der Waals surface area contributed by atoms with Gasteiger partial charge in [0, 0.05) is 32.7 Å². The van der Waals surface area contributed by atoms with E-state index in [1.165, 1.54) is 6.07 Å². The number of carbonyl (C=O) groups is 1. The zero-order valence-electron chi connectivity index (χ0n) is 19.5. The Morgan fingerprint density at radius 1 is 1.06 bits per heavy atom. The van der Waals surface area contributed by atoms with Crippen LogP contribution in [-0.2, 0) is 6.54 Å². The van der Waals surface area contributed by atoms with Gasteiger partial charge in [0.2, 0.25) is 0 Å². The molecule has 8 heteroatoms. The van der Waals surface area contributed by atoms with E-state index in [9.17, 15) is 9.18 Å². The highest BCUT2D eigenvalue weighted by molar-refractivity contribution is 6.32. The number of ether oxygens (including phenoxy) is 1. The number of hydrogen-bond donors (Lipinski definition) is 1. The Hall–Kier alpha value is -2.87. The number of rotatable bonds is 6. The number of amides is 1. The zero-order chi connectivity index (χ0) is 24.2. The average Bonchev–Trinajstić information content (AvgIpc) is 3.37. The second-order valence-electron chi connectivity index (χ2n) is 9.04. The number of halogens is 2. The van der Waals surface area contributed by atoms with E-state index in [2.05, 4.69) is 16.3 Å². The summed E-state index contributed by atoms with van der Waals surface area (Å²) in [6.07, 6.45) is 2.19. The first-order valence-electron chi connectivity index (χ1n) is 12.1. The number of hydrogen-bond acceptors (Lipinski definition) is 5. The van der Waals surface area contributed by atoms with Gasteiger partial charge in [0.25, 0.3) is 5.91 Å². The molecule has 35 heavy (non-hydrogen) atoms. The summed E-state index contributed by atoms with van der Waals surface area (Å²) in [6.45, 7) is 5.39. The standard InChI is InChI=1S/C27H29ClFN3O3/c28-22-17-19(5-6-25(22)34-20-9-11-30-12-10-20)18-31-13-15-32(16-14-31)27(33)26-8-7-24(35-26)21-3-1-2-4-23(21)29/h1-8,17,20,30H,9-16,18H2. The van der Waals surface area contributed by atoms with Crippen LogP contribution in [0.1, 0.15) is 29.0 Å². The van der Waals surface area contributed by atoms with E-state index in [0.717, 1.165) is 56.9 Å². The summed E-state index contributed by atoms with van der Waals surface area (Å²) in [5.41, 5.74) is 1.47. The molecule has 0 unspecified atom stereocenters. The van der Waals surface area contributed by atoms with Crippen molar-refractivity contribution < 1.29 is 18.3 Å². The van der Waals surface area contributed by atoms with E-state index in [-0.39, 0.29) is 23.6 Å². The summed E-state index contributed by atoms with van der Waals surface area (Å²) in [7, 11) is 0. The molecule has 1 N–H and O–H groups in total. The normalized spacial score (nSPS) is 17.5. The number of benzene rings is 2. The highest BCUT2D eigenvalue weighted by Gasteiger charge is 2.25. The molecule has 2 saturated heterocycles. The molecule has 1 aromatic heterocycles. The molecule has 0 saturated carbocycles. The first-order chi connectivity index (χ1) is 17.1. The van der Waals surface area contributed by atoms with Gasteiger partial charge in [0.1, 0.15) is 23.4 Å². The van der Waals surface area contributed by atoms with Crippen molar-refractivity contribution in [3.05, 3.63) is 76.8 Å². The average molecular weight is 498 g/mol. The van der Waals surface area contributed by atoms with Crippen molar-refractivity contribution in [2.24, 2.45) is 0 Å². The Labute approximate surface area is 209 Å².